The molecule has 3 aliphatic heterocycles. The van der Waals surface area contributed by atoms with E-state index in [1.807, 2.05) is 0 Å². The molecule has 0 radical (unpaired) electrons. The van der Waals surface area contributed by atoms with E-state index in [4.69, 9.17) is 14.5 Å². The zero-order valence-corrected chi connectivity index (χ0v) is 13.9. The fourth-order valence-corrected chi connectivity index (χ4v) is 4.26. The smallest absolute Gasteiger partial charge is 0.133 e. The van der Waals surface area contributed by atoms with E-state index in [0.29, 0.717) is 11.8 Å². The molecule has 6 heteroatoms. The predicted octanol–water partition coefficient (Wildman–Crippen LogP) is 2.91. The normalized spacial score (nSPS) is 22.0. The Morgan fingerprint density at radius 1 is 1.00 bits per heavy atom. The van der Waals surface area contributed by atoms with Crippen molar-refractivity contribution in [2.45, 2.75) is 44.1 Å². The monoisotopic (exact) mass is 328 g/mol. The first-order valence-corrected chi connectivity index (χ1v) is 9.09. The van der Waals surface area contributed by atoms with Crippen LogP contribution in [0.4, 0.5) is 5.82 Å². The van der Waals surface area contributed by atoms with E-state index in [0.717, 1.165) is 70.3 Å². The predicted molar refractivity (Wildman–Crippen MR) is 90.8 cm³/mol. The Hall–Kier alpha value is -1.79. The highest BCUT2D eigenvalue weighted by Gasteiger charge is 2.29. The summed E-state index contributed by atoms with van der Waals surface area (Å²) in [6, 6.07) is 0. The average Bonchev–Trinajstić information content (AvgIpc) is 3.27. The topological polar surface area (TPSA) is 64.1 Å². The SMILES string of the molecule is c1[nH]c2c(c1C1CCOCC1)-n1cc(C3CCOCC3)nc1CN2. The first-order valence-electron chi connectivity index (χ1n) is 9.09. The van der Waals surface area contributed by atoms with Crippen LogP contribution in [0.1, 0.15) is 54.6 Å². The van der Waals surface area contributed by atoms with Gasteiger partial charge in [-0.25, -0.2) is 4.98 Å². The van der Waals surface area contributed by atoms with E-state index >= 15 is 0 Å². The lowest BCUT2D eigenvalue weighted by Crippen LogP contribution is -2.18. The van der Waals surface area contributed by atoms with E-state index in [2.05, 4.69) is 27.3 Å². The molecule has 3 aliphatic rings. The van der Waals surface area contributed by atoms with Gasteiger partial charge in [0.25, 0.3) is 0 Å². The molecule has 0 spiro atoms. The van der Waals surface area contributed by atoms with Gasteiger partial charge in [0, 0.05) is 44.7 Å². The van der Waals surface area contributed by atoms with Gasteiger partial charge in [0.2, 0.25) is 0 Å². The number of aromatic nitrogens is 3. The Balaban J connectivity index is 1.52. The van der Waals surface area contributed by atoms with Gasteiger partial charge >= 0.3 is 0 Å². The highest BCUT2D eigenvalue weighted by Crippen LogP contribution is 2.39. The molecule has 0 bridgehead atoms. The molecular weight excluding hydrogens is 304 g/mol. The fraction of sp³-hybridized carbons (Fsp3) is 0.611. The van der Waals surface area contributed by atoms with Crippen molar-refractivity contribution in [3.63, 3.8) is 0 Å². The van der Waals surface area contributed by atoms with Crippen LogP contribution in [0.5, 0.6) is 0 Å². The Morgan fingerprint density at radius 2 is 1.71 bits per heavy atom. The lowest BCUT2D eigenvalue weighted by Gasteiger charge is -2.25. The van der Waals surface area contributed by atoms with Gasteiger partial charge in [-0.3, -0.25) is 4.57 Å². The Bertz CT molecular complexity index is 723. The van der Waals surface area contributed by atoms with Gasteiger partial charge in [-0.15, -0.1) is 0 Å². The number of fused-ring (bicyclic) bond motifs is 3. The second kappa shape index (κ2) is 5.93. The summed E-state index contributed by atoms with van der Waals surface area (Å²) in [4.78, 5) is 8.38. The van der Waals surface area contributed by atoms with Gasteiger partial charge in [-0.05, 0) is 37.2 Å². The summed E-state index contributed by atoms with van der Waals surface area (Å²) in [6.07, 6.45) is 8.80. The van der Waals surface area contributed by atoms with E-state index in [1.165, 1.54) is 16.9 Å². The van der Waals surface area contributed by atoms with Crippen LogP contribution in [-0.4, -0.2) is 41.0 Å². The molecule has 5 heterocycles. The summed E-state index contributed by atoms with van der Waals surface area (Å²) < 4.78 is 13.4. The zero-order valence-electron chi connectivity index (χ0n) is 13.9. The standard InChI is InChI=1S/C18H24N4O2/c1-5-23-6-2-12(1)14-9-19-18-17(14)22-11-15(21-16(22)10-20-18)13-3-7-24-8-4-13/h9,11-13,19-20H,1-8,10H2. The second-order valence-electron chi connectivity index (χ2n) is 7.05. The highest BCUT2D eigenvalue weighted by molar-refractivity contribution is 5.65. The molecule has 0 amide bonds. The van der Waals surface area contributed by atoms with Gasteiger partial charge in [0.15, 0.2) is 0 Å². The van der Waals surface area contributed by atoms with Gasteiger partial charge in [0.1, 0.15) is 11.6 Å². The Labute approximate surface area is 141 Å². The molecule has 6 nitrogen and oxygen atoms in total. The molecule has 0 aliphatic carbocycles. The molecule has 0 atom stereocenters. The van der Waals surface area contributed by atoms with Crippen LogP contribution in [-0.2, 0) is 16.0 Å². The van der Waals surface area contributed by atoms with E-state index in [1.54, 1.807) is 0 Å². The van der Waals surface area contributed by atoms with Crippen LogP contribution in [0.25, 0.3) is 5.69 Å². The number of nitrogens with zero attached hydrogens (tertiary/aromatic N) is 2. The number of H-pyrrole nitrogens is 1. The molecule has 2 fully saturated rings. The van der Waals surface area contributed by atoms with Crippen molar-refractivity contribution in [2.24, 2.45) is 0 Å². The van der Waals surface area contributed by atoms with Gasteiger partial charge < -0.3 is 19.8 Å². The number of ether oxygens (including phenoxy) is 2. The summed E-state index contributed by atoms with van der Waals surface area (Å²) in [5, 5.41) is 3.50. The summed E-state index contributed by atoms with van der Waals surface area (Å²) in [5.74, 6) is 3.35. The quantitative estimate of drug-likeness (QED) is 0.890. The van der Waals surface area contributed by atoms with Crippen molar-refractivity contribution in [3.8, 4) is 5.69 Å². The van der Waals surface area contributed by atoms with Crippen molar-refractivity contribution in [1.82, 2.24) is 14.5 Å². The van der Waals surface area contributed by atoms with Gasteiger partial charge in [-0.2, -0.15) is 0 Å². The lowest BCUT2D eigenvalue weighted by atomic mass is 9.92. The minimum absolute atomic E-state index is 0.533. The molecule has 2 saturated heterocycles. The molecule has 2 aromatic rings. The van der Waals surface area contributed by atoms with E-state index in [-0.39, 0.29) is 0 Å². The minimum Gasteiger partial charge on any atom is -0.381 e. The van der Waals surface area contributed by atoms with Crippen LogP contribution < -0.4 is 5.32 Å². The molecule has 24 heavy (non-hydrogen) atoms. The largest absolute Gasteiger partial charge is 0.381 e. The molecular formula is C18H24N4O2. The second-order valence-corrected chi connectivity index (χ2v) is 7.05. The maximum absolute atomic E-state index is 5.54. The molecule has 2 N–H and O–H groups in total. The minimum atomic E-state index is 0.533. The number of rotatable bonds is 2. The van der Waals surface area contributed by atoms with Crippen LogP contribution in [0, 0.1) is 0 Å². The van der Waals surface area contributed by atoms with Crippen LogP contribution in [0.15, 0.2) is 12.4 Å². The maximum atomic E-state index is 5.54. The number of nitrogens with one attached hydrogen (secondary N) is 2. The molecule has 2 aromatic heterocycles. The Kier molecular flexibility index (Phi) is 3.60. The number of hydrogen-bond acceptors (Lipinski definition) is 4. The summed E-state index contributed by atoms with van der Waals surface area (Å²) in [5.41, 5.74) is 3.90. The molecule has 0 saturated carbocycles. The highest BCUT2D eigenvalue weighted by atomic mass is 16.5. The summed E-state index contributed by atoms with van der Waals surface area (Å²) >= 11 is 0. The summed E-state index contributed by atoms with van der Waals surface area (Å²) in [6.45, 7) is 4.22. The van der Waals surface area contributed by atoms with Crippen LogP contribution in [0.2, 0.25) is 0 Å². The number of hydrogen-bond donors (Lipinski definition) is 2. The lowest BCUT2D eigenvalue weighted by molar-refractivity contribution is 0.0845. The third-order valence-corrected chi connectivity index (χ3v) is 5.64. The number of anilines is 1. The third kappa shape index (κ3) is 2.36. The average molecular weight is 328 g/mol. The number of imidazole rings is 1. The Morgan fingerprint density at radius 3 is 2.46 bits per heavy atom. The van der Waals surface area contributed by atoms with Crippen molar-refractivity contribution in [1.29, 1.82) is 0 Å². The van der Waals surface area contributed by atoms with Gasteiger partial charge in [-0.1, -0.05) is 0 Å². The summed E-state index contributed by atoms with van der Waals surface area (Å²) in [7, 11) is 0. The third-order valence-electron chi connectivity index (χ3n) is 5.64. The first kappa shape index (κ1) is 14.5. The van der Waals surface area contributed by atoms with Crippen molar-refractivity contribution in [2.75, 3.05) is 31.7 Å². The van der Waals surface area contributed by atoms with Crippen molar-refractivity contribution < 1.29 is 9.47 Å². The molecule has 0 aromatic carbocycles. The maximum Gasteiger partial charge on any atom is 0.133 e. The van der Waals surface area contributed by atoms with Gasteiger partial charge in [0.05, 0.1) is 17.9 Å². The first-order chi connectivity index (χ1) is 11.9. The molecule has 5 rings (SSSR count). The van der Waals surface area contributed by atoms with E-state index in [9.17, 15) is 0 Å². The van der Waals surface area contributed by atoms with Crippen LogP contribution in [0.3, 0.4) is 0 Å². The fourth-order valence-electron chi connectivity index (χ4n) is 4.26. The van der Waals surface area contributed by atoms with E-state index < -0.39 is 0 Å². The van der Waals surface area contributed by atoms with Crippen LogP contribution >= 0.6 is 0 Å². The molecule has 0 unspecified atom stereocenters. The van der Waals surface area contributed by atoms with Crippen molar-refractivity contribution >= 4 is 5.82 Å². The van der Waals surface area contributed by atoms with Crippen molar-refractivity contribution in [3.05, 3.63) is 29.5 Å². The molecule has 128 valence electrons. The zero-order chi connectivity index (χ0) is 15.9. The number of aromatic amines is 1.